The molecular formula is C18H28N2O. The molecule has 1 aliphatic carbocycles. The van der Waals surface area contributed by atoms with Crippen LogP contribution < -0.4 is 10.6 Å². The highest BCUT2D eigenvalue weighted by atomic mass is 16.5. The highest BCUT2D eigenvalue weighted by molar-refractivity contribution is 5.42. The van der Waals surface area contributed by atoms with Gasteiger partial charge in [-0.25, -0.2) is 0 Å². The number of anilines is 1. The molecule has 0 radical (unpaired) electrons. The lowest BCUT2D eigenvalue weighted by Gasteiger charge is -2.31. The van der Waals surface area contributed by atoms with Crippen molar-refractivity contribution in [2.45, 2.75) is 38.1 Å². The highest BCUT2D eigenvalue weighted by Gasteiger charge is 2.36. The molecule has 21 heavy (non-hydrogen) atoms. The first-order valence-electron chi connectivity index (χ1n) is 8.53. The minimum Gasteiger partial charge on any atom is -0.385 e. The molecule has 1 aromatic rings. The predicted octanol–water partition coefficient (Wildman–Crippen LogP) is 3.28. The van der Waals surface area contributed by atoms with Gasteiger partial charge in [0.1, 0.15) is 0 Å². The molecule has 1 saturated carbocycles. The summed E-state index contributed by atoms with van der Waals surface area (Å²) in [6.45, 7) is 4.09. The van der Waals surface area contributed by atoms with Gasteiger partial charge in [0, 0.05) is 31.5 Å². The van der Waals surface area contributed by atoms with Crippen LogP contribution in [0, 0.1) is 11.8 Å². The first kappa shape index (κ1) is 14.9. The van der Waals surface area contributed by atoms with Crippen molar-refractivity contribution in [3.8, 4) is 0 Å². The van der Waals surface area contributed by atoms with Crippen LogP contribution in [0.25, 0.3) is 0 Å². The van der Waals surface area contributed by atoms with Gasteiger partial charge in [-0.1, -0.05) is 18.2 Å². The van der Waals surface area contributed by atoms with Gasteiger partial charge in [0.05, 0.1) is 0 Å². The second kappa shape index (κ2) is 7.81. The third kappa shape index (κ3) is 4.72. The Labute approximate surface area is 128 Å². The molecule has 3 heteroatoms. The molecule has 1 aromatic carbocycles. The van der Waals surface area contributed by atoms with E-state index in [4.69, 9.17) is 4.74 Å². The summed E-state index contributed by atoms with van der Waals surface area (Å²) in [6.07, 6.45) is 6.53. The maximum atomic E-state index is 5.50. The topological polar surface area (TPSA) is 33.3 Å². The molecule has 2 aliphatic rings. The fourth-order valence-electron chi connectivity index (χ4n) is 3.39. The fourth-order valence-corrected chi connectivity index (χ4v) is 3.39. The SMILES string of the molecule is c1ccc(NCCCNC(C2CCOCC2)C2CC2)cc1. The molecule has 3 nitrogen and oxygen atoms in total. The van der Waals surface area contributed by atoms with Crippen molar-refractivity contribution in [3.05, 3.63) is 30.3 Å². The highest BCUT2D eigenvalue weighted by Crippen LogP contribution is 2.38. The molecule has 0 amide bonds. The van der Waals surface area contributed by atoms with Crippen molar-refractivity contribution < 1.29 is 4.74 Å². The van der Waals surface area contributed by atoms with Crippen LogP contribution >= 0.6 is 0 Å². The van der Waals surface area contributed by atoms with Crippen LogP contribution in [0.5, 0.6) is 0 Å². The number of rotatable bonds is 8. The molecule has 1 heterocycles. The molecular weight excluding hydrogens is 260 g/mol. The summed E-state index contributed by atoms with van der Waals surface area (Å²) < 4.78 is 5.50. The third-order valence-electron chi connectivity index (χ3n) is 4.74. The molecule has 3 rings (SSSR count). The minimum absolute atomic E-state index is 0.741. The number of ether oxygens (including phenoxy) is 1. The molecule has 1 saturated heterocycles. The summed E-state index contributed by atoms with van der Waals surface area (Å²) in [5.41, 5.74) is 1.22. The van der Waals surface area contributed by atoms with E-state index in [2.05, 4.69) is 41.0 Å². The maximum Gasteiger partial charge on any atom is 0.0469 e. The van der Waals surface area contributed by atoms with Gasteiger partial charge >= 0.3 is 0 Å². The molecule has 0 aromatic heterocycles. The number of hydrogen-bond acceptors (Lipinski definition) is 3. The third-order valence-corrected chi connectivity index (χ3v) is 4.74. The van der Waals surface area contributed by atoms with Crippen LogP contribution in [-0.2, 0) is 4.74 Å². The van der Waals surface area contributed by atoms with Crippen LogP contribution in [0.15, 0.2) is 30.3 Å². The van der Waals surface area contributed by atoms with Crippen molar-refractivity contribution in [1.82, 2.24) is 5.32 Å². The Morgan fingerprint density at radius 3 is 2.38 bits per heavy atom. The fraction of sp³-hybridized carbons (Fsp3) is 0.667. The van der Waals surface area contributed by atoms with Crippen LogP contribution in [0.4, 0.5) is 5.69 Å². The van der Waals surface area contributed by atoms with E-state index in [0.29, 0.717) is 0 Å². The Hall–Kier alpha value is -1.06. The largest absolute Gasteiger partial charge is 0.385 e. The minimum atomic E-state index is 0.741. The molecule has 2 N–H and O–H groups in total. The summed E-state index contributed by atoms with van der Waals surface area (Å²) in [5, 5.41) is 7.32. The monoisotopic (exact) mass is 288 g/mol. The van der Waals surface area contributed by atoms with Crippen molar-refractivity contribution in [2.24, 2.45) is 11.8 Å². The number of para-hydroxylation sites is 1. The lowest BCUT2D eigenvalue weighted by molar-refractivity contribution is 0.0507. The van der Waals surface area contributed by atoms with Crippen molar-refractivity contribution >= 4 is 5.69 Å². The van der Waals surface area contributed by atoms with Crippen LogP contribution in [0.2, 0.25) is 0 Å². The summed E-state index contributed by atoms with van der Waals surface area (Å²) in [7, 11) is 0. The van der Waals surface area contributed by atoms with E-state index in [1.165, 1.54) is 37.8 Å². The van der Waals surface area contributed by atoms with Gasteiger partial charge in [-0.05, 0) is 62.6 Å². The van der Waals surface area contributed by atoms with E-state index < -0.39 is 0 Å². The summed E-state index contributed by atoms with van der Waals surface area (Å²) in [4.78, 5) is 0. The van der Waals surface area contributed by atoms with Crippen LogP contribution in [-0.4, -0.2) is 32.3 Å². The predicted molar refractivity (Wildman–Crippen MR) is 87.6 cm³/mol. The molecule has 116 valence electrons. The average molecular weight is 288 g/mol. The van der Waals surface area contributed by atoms with Gasteiger partial charge in [-0.3, -0.25) is 0 Å². The first-order valence-corrected chi connectivity index (χ1v) is 8.53. The maximum absolute atomic E-state index is 5.50. The Balaban J connectivity index is 1.35. The van der Waals surface area contributed by atoms with Gasteiger partial charge in [0.2, 0.25) is 0 Å². The van der Waals surface area contributed by atoms with E-state index in [1.807, 2.05) is 0 Å². The molecule has 0 spiro atoms. The zero-order valence-corrected chi connectivity index (χ0v) is 12.9. The number of nitrogens with one attached hydrogen (secondary N) is 2. The molecule has 1 unspecified atom stereocenters. The van der Waals surface area contributed by atoms with E-state index in [0.717, 1.165) is 44.2 Å². The second-order valence-corrected chi connectivity index (χ2v) is 6.41. The van der Waals surface area contributed by atoms with E-state index >= 15 is 0 Å². The second-order valence-electron chi connectivity index (χ2n) is 6.41. The zero-order valence-electron chi connectivity index (χ0n) is 12.9. The van der Waals surface area contributed by atoms with Crippen LogP contribution in [0.1, 0.15) is 32.1 Å². The lowest BCUT2D eigenvalue weighted by Crippen LogP contribution is -2.41. The van der Waals surface area contributed by atoms with Gasteiger partial charge in [-0.15, -0.1) is 0 Å². The normalized spacial score (nSPS) is 21.1. The smallest absolute Gasteiger partial charge is 0.0469 e. The molecule has 0 bridgehead atoms. The lowest BCUT2D eigenvalue weighted by atomic mass is 9.88. The van der Waals surface area contributed by atoms with Gasteiger partial charge in [0.25, 0.3) is 0 Å². The Bertz CT molecular complexity index is 399. The van der Waals surface area contributed by atoms with E-state index in [1.54, 1.807) is 0 Å². The molecule has 1 atom stereocenters. The van der Waals surface area contributed by atoms with Crippen molar-refractivity contribution in [2.75, 3.05) is 31.6 Å². The van der Waals surface area contributed by atoms with Gasteiger partial charge < -0.3 is 15.4 Å². The first-order chi connectivity index (χ1) is 10.4. The number of hydrogen-bond donors (Lipinski definition) is 2. The van der Waals surface area contributed by atoms with Crippen molar-refractivity contribution in [1.29, 1.82) is 0 Å². The molecule has 2 fully saturated rings. The van der Waals surface area contributed by atoms with Gasteiger partial charge in [0.15, 0.2) is 0 Å². The van der Waals surface area contributed by atoms with Gasteiger partial charge in [-0.2, -0.15) is 0 Å². The number of benzene rings is 1. The standard InChI is InChI=1S/C18H28N2O/c1-2-5-17(6-3-1)19-11-4-12-20-18(15-7-8-15)16-9-13-21-14-10-16/h1-3,5-6,15-16,18-20H,4,7-14H2. The van der Waals surface area contributed by atoms with E-state index in [-0.39, 0.29) is 0 Å². The summed E-state index contributed by atoms with van der Waals surface area (Å²) in [6, 6.07) is 11.2. The Morgan fingerprint density at radius 2 is 1.67 bits per heavy atom. The zero-order chi connectivity index (χ0) is 14.3. The quantitative estimate of drug-likeness (QED) is 0.720. The molecule has 1 aliphatic heterocycles. The van der Waals surface area contributed by atoms with E-state index in [9.17, 15) is 0 Å². The van der Waals surface area contributed by atoms with Crippen molar-refractivity contribution in [3.63, 3.8) is 0 Å². The average Bonchev–Trinajstić information content (AvgIpc) is 3.37. The summed E-state index contributed by atoms with van der Waals surface area (Å²) >= 11 is 0. The Morgan fingerprint density at radius 1 is 0.952 bits per heavy atom. The summed E-state index contributed by atoms with van der Waals surface area (Å²) in [5.74, 6) is 1.78. The Kier molecular flexibility index (Phi) is 5.53. The van der Waals surface area contributed by atoms with Crippen LogP contribution in [0.3, 0.4) is 0 Å².